The third kappa shape index (κ3) is 3.36. The second-order valence-electron chi connectivity index (χ2n) is 5.25. The van der Waals surface area contributed by atoms with Crippen molar-refractivity contribution in [2.45, 2.75) is 26.3 Å². The largest absolute Gasteiger partial charge is 0.314 e. The Hall–Kier alpha value is -0.450. The molecule has 0 saturated carbocycles. The van der Waals surface area contributed by atoms with Gasteiger partial charge in [0.05, 0.1) is 0 Å². The summed E-state index contributed by atoms with van der Waals surface area (Å²) in [5, 5.41) is 3.36. The van der Waals surface area contributed by atoms with E-state index in [0.717, 1.165) is 42.6 Å². The standard InChI is InChI=1S/C15H22BrFN2/c1-3-11(2)15(19-9-7-18-8-10-19)14-12(16)5-4-6-13(14)17/h4-6,11,15,18H,3,7-10H2,1-2H3/t11?,15-/m0/s1. The molecule has 4 heteroatoms. The van der Waals surface area contributed by atoms with E-state index in [1.807, 2.05) is 6.07 Å². The molecule has 0 spiro atoms. The van der Waals surface area contributed by atoms with Gasteiger partial charge in [0.1, 0.15) is 5.82 Å². The van der Waals surface area contributed by atoms with E-state index in [2.05, 4.69) is 40.0 Å². The first-order valence-corrected chi connectivity index (χ1v) is 7.83. The summed E-state index contributed by atoms with van der Waals surface area (Å²) in [7, 11) is 0. The molecular weight excluding hydrogens is 307 g/mol. The van der Waals surface area contributed by atoms with Crippen LogP contribution in [0.4, 0.5) is 4.39 Å². The molecule has 1 aliphatic rings. The maximum absolute atomic E-state index is 14.3. The summed E-state index contributed by atoms with van der Waals surface area (Å²) in [6, 6.07) is 5.42. The molecule has 2 atom stereocenters. The molecule has 0 bridgehead atoms. The second kappa shape index (κ2) is 6.82. The number of nitrogens with zero attached hydrogens (tertiary/aromatic N) is 1. The van der Waals surface area contributed by atoms with Crippen LogP contribution >= 0.6 is 15.9 Å². The van der Waals surface area contributed by atoms with Crippen LogP contribution in [0.5, 0.6) is 0 Å². The fourth-order valence-corrected chi connectivity index (χ4v) is 3.38. The van der Waals surface area contributed by atoms with Gasteiger partial charge in [-0.05, 0) is 18.1 Å². The van der Waals surface area contributed by atoms with Crippen LogP contribution in [0.2, 0.25) is 0 Å². The summed E-state index contributed by atoms with van der Waals surface area (Å²) in [5.41, 5.74) is 0.818. The lowest BCUT2D eigenvalue weighted by Crippen LogP contribution is -2.46. The summed E-state index contributed by atoms with van der Waals surface area (Å²) in [6.07, 6.45) is 1.05. The fraction of sp³-hybridized carbons (Fsp3) is 0.600. The number of halogens is 2. The molecule has 1 saturated heterocycles. The van der Waals surface area contributed by atoms with Crippen molar-refractivity contribution in [2.24, 2.45) is 5.92 Å². The Morgan fingerprint density at radius 3 is 2.63 bits per heavy atom. The number of piperazine rings is 1. The molecule has 0 amide bonds. The van der Waals surface area contributed by atoms with E-state index in [9.17, 15) is 4.39 Å². The van der Waals surface area contributed by atoms with Crippen LogP contribution in [0.1, 0.15) is 31.9 Å². The molecule has 1 N–H and O–H groups in total. The van der Waals surface area contributed by atoms with Gasteiger partial charge in [-0.1, -0.05) is 42.3 Å². The summed E-state index contributed by atoms with van der Waals surface area (Å²) in [5.74, 6) is 0.338. The molecule has 1 aromatic rings. The quantitative estimate of drug-likeness (QED) is 0.908. The van der Waals surface area contributed by atoms with E-state index in [1.165, 1.54) is 0 Å². The van der Waals surface area contributed by atoms with E-state index < -0.39 is 0 Å². The molecule has 2 nitrogen and oxygen atoms in total. The number of hydrogen-bond acceptors (Lipinski definition) is 2. The summed E-state index contributed by atoms with van der Waals surface area (Å²) >= 11 is 3.53. The monoisotopic (exact) mass is 328 g/mol. The molecule has 19 heavy (non-hydrogen) atoms. The smallest absolute Gasteiger partial charge is 0.129 e. The summed E-state index contributed by atoms with van der Waals surface area (Å²) < 4.78 is 15.2. The van der Waals surface area contributed by atoms with Crippen molar-refractivity contribution in [1.82, 2.24) is 10.2 Å². The Balaban J connectivity index is 2.36. The minimum Gasteiger partial charge on any atom is -0.314 e. The molecule has 1 fully saturated rings. The van der Waals surface area contributed by atoms with Crippen molar-refractivity contribution >= 4 is 15.9 Å². The molecule has 106 valence electrons. The molecule has 0 radical (unpaired) electrons. The molecule has 1 unspecified atom stereocenters. The summed E-state index contributed by atoms with van der Waals surface area (Å²) in [6.45, 7) is 8.32. The molecule has 1 aromatic carbocycles. The first-order chi connectivity index (χ1) is 9.15. The van der Waals surface area contributed by atoms with Gasteiger partial charge in [0, 0.05) is 42.3 Å². The third-order valence-electron chi connectivity index (χ3n) is 4.02. The van der Waals surface area contributed by atoms with Crippen LogP contribution in [0.3, 0.4) is 0 Å². The fourth-order valence-electron chi connectivity index (χ4n) is 2.80. The SMILES string of the molecule is CCC(C)[C@@H](c1c(F)cccc1Br)N1CCNCC1. The van der Waals surface area contributed by atoms with E-state index in [-0.39, 0.29) is 11.9 Å². The number of rotatable bonds is 4. The van der Waals surface area contributed by atoms with Crippen LogP contribution in [0.25, 0.3) is 0 Å². The van der Waals surface area contributed by atoms with Gasteiger partial charge in [0.15, 0.2) is 0 Å². The first kappa shape index (κ1) is 14.9. The van der Waals surface area contributed by atoms with E-state index >= 15 is 0 Å². The Morgan fingerprint density at radius 1 is 1.37 bits per heavy atom. The van der Waals surface area contributed by atoms with Gasteiger partial charge in [-0.15, -0.1) is 0 Å². The third-order valence-corrected chi connectivity index (χ3v) is 4.71. The van der Waals surface area contributed by atoms with E-state index in [1.54, 1.807) is 12.1 Å². The Kier molecular flexibility index (Phi) is 5.37. The van der Waals surface area contributed by atoms with Crippen LogP contribution < -0.4 is 5.32 Å². The predicted molar refractivity (Wildman–Crippen MR) is 80.7 cm³/mol. The average Bonchev–Trinajstić information content (AvgIpc) is 2.43. The lowest BCUT2D eigenvalue weighted by molar-refractivity contribution is 0.125. The zero-order valence-corrected chi connectivity index (χ0v) is 13.2. The van der Waals surface area contributed by atoms with Crippen molar-refractivity contribution < 1.29 is 4.39 Å². The topological polar surface area (TPSA) is 15.3 Å². The predicted octanol–water partition coefficient (Wildman–Crippen LogP) is 3.58. The Labute approximate surface area is 123 Å². The Morgan fingerprint density at radius 2 is 2.05 bits per heavy atom. The van der Waals surface area contributed by atoms with Gasteiger partial charge in [-0.25, -0.2) is 4.39 Å². The highest BCUT2D eigenvalue weighted by molar-refractivity contribution is 9.10. The first-order valence-electron chi connectivity index (χ1n) is 7.03. The van der Waals surface area contributed by atoms with E-state index in [0.29, 0.717) is 5.92 Å². The van der Waals surface area contributed by atoms with Gasteiger partial charge in [0.2, 0.25) is 0 Å². The van der Waals surface area contributed by atoms with Crippen molar-refractivity contribution in [2.75, 3.05) is 26.2 Å². The molecule has 1 aliphatic heterocycles. The Bertz CT molecular complexity index is 398. The number of nitrogens with one attached hydrogen (secondary N) is 1. The van der Waals surface area contributed by atoms with E-state index in [4.69, 9.17) is 0 Å². The van der Waals surface area contributed by atoms with Gasteiger partial charge in [-0.2, -0.15) is 0 Å². The zero-order valence-electron chi connectivity index (χ0n) is 11.6. The highest BCUT2D eigenvalue weighted by Gasteiger charge is 2.30. The minimum atomic E-state index is -0.0989. The van der Waals surface area contributed by atoms with Gasteiger partial charge in [0.25, 0.3) is 0 Å². The van der Waals surface area contributed by atoms with Gasteiger partial charge >= 0.3 is 0 Å². The van der Waals surface area contributed by atoms with Crippen molar-refractivity contribution in [3.05, 3.63) is 34.1 Å². The normalized spacial score (nSPS) is 20.2. The maximum atomic E-state index is 14.3. The summed E-state index contributed by atoms with van der Waals surface area (Å²) in [4.78, 5) is 2.41. The van der Waals surface area contributed by atoms with Crippen LogP contribution in [-0.4, -0.2) is 31.1 Å². The molecule has 0 aliphatic carbocycles. The minimum absolute atomic E-state index is 0.0989. The highest BCUT2D eigenvalue weighted by atomic mass is 79.9. The maximum Gasteiger partial charge on any atom is 0.129 e. The molecule has 1 heterocycles. The van der Waals surface area contributed by atoms with Crippen LogP contribution in [0.15, 0.2) is 22.7 Å². The average molecular weight is 329 g/mol. The van der Waals surface area contributed by atoms with Crippen molar-refractivity contribution in [3.63, 3.8) is 0 Å². The highest BCUT2D eigenvalue weighted by Crippen LogP contribution is 2.36. The lowest BCUT2D eigenvalue weighted by Gasteiger charge is -2.39. The van der Waals surface area contributed by atoms with Crippen LogP contribution in [0, 0.1) is 11.7 Å². The van der Waals surface area contributed by atoms with Crippen molar-refractivity contribution in [3.8, 4) is 0 Å². The number of hydrogen-bond donors (Lipinski definition) is 1. The molecular formula is C15H22BrFN2. The van der Waals surface area contributed by atoms with Crippen LogP contribution in [-0.2, 0) is 0 Å². The second-order valence-corrected chi connectivity index (χ2v) is 6.11. The number of benzene rings is 1. The van der Waals surface area contributed by atoms with Gasteiger partial charge in [-0.3, -0.25) is 4.90 Å². The molecule has 2 rings (SSSR count). The zero-order chi connectivity index (χ0) is 13.8. The van der Waals surface area contributed by atoms with Gasteiger partial charge < -0.3 is 5.32 Å². The molecule has 0 aromatic heterocycles. The van der Waals surface area contributed by atoms with Crippen molar-refractivity contribution in [1.29, 1.82) is 0 Å². The lowest BCUT2D eigenvalue weighted by atomic mass is 9.90.